The Bertz CT molecular complexity index is 980. The summed E-state index contributed by atoms with van der Waals surface area (Å²) in [6, 6.07) is 9.29. The second-order valence-corrected chi connectivity index (χ2v) is 6.57. The normalized spacial score (nSPS) is 10.6. The Kier molecular flexibility index (Phi) is 5.88. The molecule has 0 spiro atoms. The molecule has 3 N–H and O–H groups in total. The van der Waals surface area contributed by atoms with Crippen molar-refractivity contribution in [2.24, 2.45) is 0 Å². The van der Waals surface area contributed by atoms with E-state index in [9.17, 15) is 4.79 Å². The van der Waals surface area contributed by atoms with Gasteiger partial charge in [0.25, 0.3) is 0 Å². The Balaban J connectivity index is 1.54. The number of para-hydroxylation sites is 1. The van der Waals surface area contributed by atoms with Crippen LogP contribution in [0, 0.1) is 27.7 Å². The van der Waals surface area contributed by atoms with Gasteiger partial charge in [-0.25, -0.2) is 19.7 Å². The molecule has 0 unspecified atom stereocenters. The topological polar surface area (TPSA) is 96.8 Å². The fourth-order valence-corrected chi connectivity index (χ4v) is 2.74. The van der Waals surface area contributed by atoms with Crippen LogP contribution in [0.5, 0.6) is 0 Å². The van der Waals surface area contributed by atoms with Crippen molar-refractivity contribution in [3.63, 3.8) is 0 Å². The standard InChI is InChI=1S/C20H25N7O/c1-13-7-5-6-8-17(13)26-20(28)22-10-9-21-18-11-19(25-16(4)24-18)27-12-23-14(2)15(27)3/h5-8,11-12H,9-10H2,1-4H3,(H,21,24,25)(H2,22,26,28). The zero-order valence-corrected chi connectivity index (χ0v) is 16.6. The van der Waals surface area contributed by atoms with Gasteiger partial charge in [0.15, 0.2) is 0 Å². The van der Waals surface area contributed by atoms with E-state index in [1.807, 2.05) is 62.6 Å². The molecule has 146 valence electrons. The Hall–Kier alpha value is -3.42. The van der Waals surface area contributed by atoms with Crippen molar-refractivity contribution in [1.29, 1.82) is 0 Å². The van der Waals surface area contributed by atoms with E-state index in [-0.39, 0.29) is 6.03 Å². The maximum atomic E-state index is 12.0. The number of benzene rings is 1. The van der Waals surface area contributed by atoms with E-state index in [0.717, 1.165) is 28.5 Å². The van der Waals surface area contributed by atoms with Crippen molar-refractivity contribution in [2.75, 3.05) is 23.7 Å². The maximum Gasteiger partial charge on any atom is 0.319 e. The number of anilines is 2. The number of carbonyl (C=O) groups is 1. The Morgan fingerprint density at radius 2 is 1.86 bits per heavy atom. The lowest BCUT2D eigenvalue weighted by molar-refractivity contribution is 0.252. The highest BCUT2D eigenvalue weighted by atomic mass is 16.2. The molecule has 0 saturated heterocycles. The summed E-state index contributed by atoms with van der Waals surface area (Å²) < 4.78 is 1.93. The van der Waals surface area contributed by atoms with Crippen LogP contribution in [0.1, 0.15) is 22.8 Å². The third kappa shape index (κ3) is 4.64. The third-order valence-electron chi connectivity index (χ3n) is 4.43. The van der Waals surface area contributed by atoms with Gasteiger partial charge in [-0.05, 0) is 39.3 Å². The predicted molar refractivity (Wildman–Crippen MR) is 110 cm³/mol. The first kappa shape index (κ1) is 19.3. The van der Waals surface area contributed by atoms with Crippen LogP contribution in [0.3, 0.4) is 0 Å². The van der Waals surface area contributed by atoms with Crippen LogP contribution in [-0.2, 0) is 0 Å². The smallest absolute Gasteiger partial charge is 0.319 e. The summed E-state index contributed by atoms with van der Waals surface area (Å²) in [5.74, 6) is 2.13. The van der Waals surface area contributed by atoms with Crippen molar-refractivity contribution in [1.82, 2.24) is 24.8 Å². The molecular formula is C20H25N7O. The molecule has 0 bridgehead atoms. The van der Waals surface area contributed by atoms with Crippen LogP contribution < -0.4 is 16.0 Å². The van der Waals surface area contributed by atoms with Gasteiger partial charge in [-0.3, -0.25) is 4.57 Å². The predicted octanol–water partition coefficient (Wildman–Crippen LogP) is 3.13. The van der Waals surface area contributed by atoms with Crippen LogP contribution in [0.25, 0.3) is 5.82 Å². The molecule has 2 amide bonds. The van der Waals surface area contributed by atoms with Crippen molar-refractivity contribution in [3.05, 3.63) is 59.4 Å². The number of nitrogens with zero attached hydrogens (tertiary/aromatic N) is 4. The number of aryl methyl sites for hydroxylation is 3. The first-order chi connectivity index (χ1) is 13.4. The number of amides is 2. The second-order valence-electron chi connectivity index (χ2n) is 6.57. The highest BCUT2D eigenvalue weighted by Gasteiger charge is 2.09. The van der Waals surface area contributed by atoms with Crippen molar-refractivity contribution in [2.45, 2.75) is 27.7 Å². The van der Waals surface area contributed by atoms with Gasteiger partial charge in [0.05, 0.1) is 5.69 Å². The first-order valence-corrected chi connectivity index (χ1v) is 9.15. The summed E-state index contributed by atoms with van der Waals surface area (Å²) in [6.07, 6.45) is 1.76. The van der Waals surface area contributed by atoms with E-state index >= 15 is 0 Å². The molecule has 0 atom stereocenters. The summed E-state index contributed by atoms with van der Waals surface area (Å²) in [5, 5.41) is 8.90. The van der Waals surface area contributed by atoms with Crippen LogP contribution in [0.2, 0.25) is 0 Å². The number of imidazole rings is 1. The number of hydrogen-bond donors (Lipinski definition) is 3. The van der Waals surface area contributed by atoms with Crippen LogP contribution >= 0.6 is 0 Å². The monoisotopic (exact) mass is 379 g/mol. The molecule has 0 radical (unpaired) electrons. The summed E-state index contributed by atoms with van der Waals surface area (Å²) in [5.41, 5.74) is 3.83. The van der Waals surface area contributed by atoms with Crippen LogP contribution in [0.4, 0.5) is 16.3 Å². The SMILES string of the molecule is Cc1nc(NCCNC(=O)Nc2ccccc2C)cc(-n2cnc(C)c2C)n1. The fraction of sp³-hybridized carbons (Fsp3) is 0.300. The van der Waals surface area contributed by atoms with Gasteiger partial charge in [-0.15, -0.1) is 0 Å². The van der Waals surface area contributed by atoms with Crippen LogP contribution in [0.15, 0.2) is 36.7 Å². The van der Waals surface area contributed by atoms with E-state index in [0.29, 0.717) is 24.7 Å². The van der Waals surface area contributed by atoms with E-state index in [2.05, 4.69) is 30.9 Å². The quantitative estimate of drug-likeness (QED) is 0.572. The molecule has 0 saturated carbocycles. The number of urea groups is 1. The molecule has 2 heterocycles. The number of carbonyl (C=O) groups excluding carboxylic acids is 1. The lowest BCUT2D eigenvalue weighted by atomic mass is 10.2. The molecule has 3 aromatic rings. The molecular weight excluding hydrogens is 354 g/mol. The third-order valence-corrected chi connectivity index (χ3v) is 4.43. The van der Waals surface area contributed by atoms with Crippen molar-refractivity contribution >= 4 is 17.5 Å². The molecule has 8 heteroatoms. The average Bonchev–Trinajstić information content (AvgIpc) is 2.99. The second kappa shape index (κ2) is 8.51. The van der Waals surface area contributed by atoms with Crippen molar-refractivity contribution < 1.29 is 4.79 Å². The molecule has 0 aliphatic heterocycles. The molecule has 0 aliphatic carbocycles. The van der Waals surface area contributed by atoms with E-state index in [1.165, 1.54) is 0 Å². The summed E-state index contributed by atoms with van der Waals surface area (Å²) in [4.78, 5) is 25.2. The van der Waals surface area contributed by atoms with E-state index in [4.69, 9.17) is 0 Å². The van der Waals surface area contributed by atoms with Crippen LogP contribution in [-0.4, -0.2) is 38.6 Å². The Labute approximate surface area is 164 Å². The van der Waals surface area contributed by atoms with E-state index < -0.39 is 0 Å². The minimum Gasteiger partial charge on any atom is -0.368 e. The molecule has 2 aromatic heterocycles. The lowest BCUT2D eigenvalue weighted by Gasteiger charge is -2.12. The zero-order valence-electron chi connectivity index (χ0n) is 16.6. The molecule has 3 rings (SSSR count). The highest BCUT2D eigenvalue weighted by Crippen LogP contribution is 2.15. The van der Waals surface area contributed by atoms with Gasteiger partial charge in [-0.2, -0.15) is 0 Å². The summed E-state index contributed by atoms with van der Waals surface area (Å²) >= 11 is 0. The molecule has 0 aliphatic rings. The Morgan fingerprint density at radius 3 is 2.57 bits per heavy atom. The first-order valence-electron chi connectivity index (χ1n) is 9.15. The largest absolute Gasteiger partial charge is 0.368 e. The minimum atomic E-state index is -0.236. The number of aromatic nitrogens is 4. The molecule has 28 heavy (non-hydrogen) atoms. The fourth-order valence-electron chi connectivity index (χ4n) is 2.74. The van der Waals surface area contributed by atoms with Gasteiger partial charge in [0, 0.05) is 30.5 Å². The summed E-state index contributed by atoms with van der Waals surface area (Å²) in [7, 11) is 0. The lowest BCUT2D eigenvalue weighted by Crippen LogP contribution is -2.33. The molecule has 1 aromatic carbocycles. The van der Waals surface area contributed by atoms with E-state index in [1.54, 1.807) is 6.33 Å². The number of nitrogens with one attached hydrogen (secondary N) is 3. The Morgan fingerprint density at radius 1 is 1.07 bits per heavy atom. The maximum absolute atomic E-state index is 12.0. The van der Waals surface area contributed by atoms with Crippen molar-refractivity contribution in [3.8, 4) is 5.82 Å². The number of hydrogen-bond acceptors (Lipinski definition) is 5. The van der Waals surface area contributed by atoms with Gasteiger partial charge < -0.3 is 16.0 Å². The zero-order chi connectivity index (χ0) is 20.1. The van der Waals surface area contributed by atoms with Gasteiger partial charge in [-0.1, -0.05) is 18.2 Å². The van der Waals surface area contributed by atoms with Gasteiger partial charge in [0.2, 0.25) is 0 Å². The molecule has 0 fully saturated rings. The summed E-state index contributed by atoms with van der Waals surface area (Å²) in [6.45, 7) is 8.77. The number of rotatable bonds is 6. The average molecular weight is 379 g/mol. The van der Waals surface area contributed by atoms with Gasteiger partial charge in [0.1, 0.15) is 23.8 Å². The minimum absolute atomic E-state index is 0.236. The molecule has 8 nitrogen and oxygen atoms in total. The highest BCUT2D eigenvalue weighted by molar-refractivity contribution is 5.90. The van der Waals surface area contributed by atoms with Gasteiger partial charge >= 0.3 is 6.03 Å².